The fraction of sp³-hybridized carbons (Fsp3) is 0.333. The van der Waals surface area contributed by atoms with Crippen molar-refractivity contribution in [3.05, 3.63) is 70.7 Å². The number of halogens is 1. The molecule has 0 amide bonds. The number of nitrogens with zero attached hydrogens (tertiary/aromatic N) is 1. The molecule has 0 unspecified atom stereocenters. The third kappa shape index (κ3) is 3.65. The Labute approximate surface area is 131 Å². The summed E-state index contributed by atoms with van der Waals surface area (Å²) in [5.41, 5.74) is 8.96. The van der Waals surface area contributed by atoms with E-state index in [2.05, 4.69) is 47.4 Å². The number of hydrogen-bond acceptors (Lipinski definition) is 2. The molecule has 1 aliphatic heterocycles. The van der Waals surface area contributed by atoms with Crippen molar-refractivity contribution in [1.82, 2.24) is 4.90 Å². The summed E-state index contributed by atoms with van der Waals surface area (Å²) in [6.45, 7) is 3.05. The van der Waals surface area contributed by atoms with Gasteiger partial charge in [0.2, 0.25) is 0 Å². The first-order chi connectivity index (χ1) is 10.2. The second-order valence-corrected chi connectivity index (χ2v) is 6.27. The second-order valence-electron chi connectivity index (χ2n) is 5.83. The van der Waals surface area contributed by atoms with Crippen LogP contribution in [0.3, 0.4) is 0 Å². The molecule has 0 spiro atoms. The van der Waals surface area contributed by atoms with Gasteiger partial charge in [0.15, 0.2) is 0 Å². The first kappa shape index (κ1) is 14.6. The smallest absolute Gasteiger partial charge is 0.0408 e. The Hall–Kier alpha value is -1.35. The topological polar surface area (TPSA) is 29.3 Å². The maximum absolute atomic E-state index is 6.35. The highest BCUT2D eigenvalue weighted by atomic mass is 35.5. The maximum Gasteiger partial charge on any atom is 0.0408 e. The molecule has 1 fully saturated rings. The van der Waals surface area contributed by atoms with E-state index in [1.54, 1.807) is 0 Å². The number of nitrogens with two attached hydrogens (primary N) is 1. The largest absolute Gasteiger partial charge is 0.327 e. The van der Waals surface area contributed by atoms with E-state index >= 15 is 0 Å². The van der Waals surface area contributed by atoms with Gasteiger partial charge in [-0.3, -0.25) is 4.90 Å². The highest BCUT2D eigenvalue weighted by Gasteiger charge is 2.27. The standard InChI is InChI=1S/C18H21ClN2/c19-16-8-4-7-15(11-16)17-13-21(10-9-18(17)20)12-14-5-2-1-3-6-14/h1-8,11,17-18H,9-10,12-13,20H2/t17-,18+/m1/s1. The molecule has 1 saturated heterocycles. The monoisotopic (exact) mass is 300 g/mol. The normalized spacial score (nSPS) is 23.1. The minimum atomic E-state index is 0.218. The van der Waals surface area contributed by atoms with E-state index in [9.17, 15) is 0 Å². The van der Waals surface area contributed by atoms with Gasteiger partial charge in [0.25, 0.3) is 0 Å². The molecule has 0 radical (unpaired) electrons. The Bertz CT molecular complexity index is 585. The van der Waals surface area contributed by atoms with Crippen molar-refractivity contribution in [2.45, 2.75) is 24.9 Å². The van der Waals surface area contributed by atoms with Crippen molar-refractivity contribution < 1.29 is 0 Å². The molecule has 2 N–H and O–H groups in total. The van der Waals surface area contributed by atoms with Crippen LogP contribution in [0.5, 0.6) is 0 Å². The third-order valence-electron chi connectivity index (χ3n) is 4.28. The number of piperidine rings is 1. The average Bonchev–Trinajstić information content (AvgIpc) is 2.50. The Kier molecular flexibility index (Phi) is 4.59. The van der Waals surface area contributed by atoms with Gasteiger partial charge in [0, 0.05) is 36.6 Å². The molecular formula is C18H21ClN2. The molecule has 2 atom stereocenters. The zero-order valence-corrected chi connectivity index (χ0v) is 12.8. The van der Waals surface area contributed by atoms with Gasteiger partial charge < -0.3 is 5.73 Å². The number of likely N-dealkylation sites (tertiary alicyclic amines) is 1. The Morgan fingerprint density at radius 1 is 1.10 bits per heavy atom. The summed E-state index contributed by atoms with van der Waals surface area (Å²) >= 11 is 6.12. The summed E-state index contributed by atoms with van der Waals surface area (Å²) in [4.78, 5) is 2.49. The van der Waals surface area contributed by atoms with Crippen LogP contribution in [0.15, 0.2) is 54.6 Å². The summed E-state index contributed by atoms with van der Waals surface area (Å²) in [6.07, 6.45) is 1.03. The van der Waals surface area contributed by atoms with Crippen LogP contribution >= 0.6 is 11.6 Å². The molecular weight excluding hydrogens is 280 g/mol. The van der Waals surface area contributed by atoms with E-state index < -0.39 is 0 Å². The molecule has 21 heavy (non-hydrogen) atoms. The second kappa shape index (κ2) is 6.61. The van der Waals surface area contributed by atoms with Gasteiger partial charge >= 0.3 is 0 Å². The van der Waals surface area contributed by atoms with Gasteiger partial charge in [-0.15, -0.1) is 0 Å². The predicted octanol–water partition coefficient (Wildman–Crippen LogP) is 3.66. The van der Waals surface area contributed by atoms with Crippen molar-refractivity contribution in [2.75, 3.05) is 13.1 Å². The van der Waals surface area contributed by atoms with Gasteiger partial charge in [-0.1, -0.05) is 54.1 Å². The van der Waals surface area contributed by atoms with Crippen molar-refractivity contribution in [3.63, 3.8) is 0 Å². The average molecular weight is 301 g/mol. The van der Waals surface area contributed by atoms with Gasteiger partial charge in [0.05, 0.1) is 0 Å². The molecule has 2 nitrogen and oxygen atoms in total. The summed E-state index contributed by atoms with van der Waals surface area (Å²) in [7, 11) is 0. The molecule has 2 aromatic carbocycles. The minimum Gasteiger partial charge on any atom is -0.327 e. The highest BCUT2D eigenvalue weighted by Crippen LogP contribution is 2.28. The van der Waals surface area contributed by atoms with Gasteiger partial charge in [-0.25, -0.2) is 0 Å². The molecule has 0 aromatic heterocycles. The number of hydrogen-bond donors (Lipinski definition) is 1. The molecule has 0 aliphatic carbocycles. The van der Waals surface area contributed by atoms with Crippen LogP contribution in [0.2, 0.25) is 5.02 Å². The molecule has 110 valence electrons. The Balaban J connectivity index is 1.73. The molecule has 0 bridgehead atoms. The summed E-state index contributed by atoms with van der Waals surface area (Å²) in [5, 5.41) is 0.792. The maximum atomic E-state index is 6.35. The summed E-state index contributed by atoms with van der Waals surface area (Å²) < 4.78 is 0. The zero-order valence-electron chi connectivity index (χ0n) is 12.1. The number of rotatable bonds is 3. The predicted molar refractivity (Wildman–Crippen MR) is 88.5 cm³/mol. The fourth-order valence-electron chi connectivity index (χ4n) is 3.11. The van der Waals surface area contributed by atoms with Crippen molar-refractivity contribution in [1.29, 1.82) is 0 Å². The third-order valence-corrected chi connectivity index (χ3v) is 4.51. The van der Waals surface area contributed by atoms with Crippen LogP contribution < -0.4 is 5.73 Å². The van der Waals surface area contributed by atoms with Crippen LogP contribution in [-0.2, 0) is 6.54 Å². The first-order valence-corrected chi connectivity index (χ1v) is 7.87. The fourth-order valence-corrected chi connectivity index (χ4v) is 3.31. The molecule has 0 saturated carbocycles. The SMILES string of the molecule is N[C@H]1CCN(Cc2ccccc2)C[C@@H]1c1cccc(Cl)c1. The van der Waals surface area contributed by atoms with Crippen LogP contribution in [0.25, 0.3) is 0 Å². The van der Waals surface area contributed by atoms with E-state index in [-0.39, 0.29) is 6.04 Å². The van der Waals surface area contributed by atoms with Gasteiger partial charge in [0.1, 0.15) is 0 Å². The lowest BCUT2D eigenvalue weighted by molar-refractivity contribution is 0.183. The Morgan fingerprint density at radius 3 is 2.67 bits per heavy atom. The van der Waals surface area contributed by atoms with Crippen LogP contribution in [0.4, 0.5) is 0 Å². The van der Waals surface area contributed by atoms with Gasteiger partial charge in [-0.05, 0) is 29.7 Å². The van der Waals surface area contributed by atoms with Crippen molar-refractivity contribution in [3.8, 4) is 0 Å². The quantitative estimate of drug-likeness (QED) is 0.937. The lowest BCUT2D eigenvalue weighted by atomic mass is 9.86. The zero-order chi connectivity index (χ0) is 14.7. The van der Waals surface area contributed by atoms with Crippen molar-refractivity contribution in [2.24, 2.45) is 5.73 Å². The highest BCUT2D eigenvalue weighted by molar-refractivity contribution is 6.30. The molecule has 1 heterocycles. The number of benzene rings is 2. The lowest BCUT2D eigenvalue weighted by Crippen LogP contribution is -2.45. The van der Waals surface area contributed by atoms with Crippen LogP contribution in [0, 0.1) is 0 Å². The Morgan fingerprint density at radius 2 is 1.90 bits per heavy atom. The molecule has 1 aliphatic rings. The summed E-state index contributed by atoms with van der Waals surface area (Å²) in [6, 6.07) is 19.0. The van der Waals surface area contributed by atoms with E-state index in [0.29, 0.717) is 5.92 Å². The first-order valence-electron chi connectivity index (χ1n) is 7.50. The van der Waals surface area contributed by atoms with Crippen LogP contribution in [-0.4, -0.2) is 24.0 Å². The minimum absolute atomic E-state index is 0.218. The molecule has 3 heteroatoms. The van der Waals surface area contributed by atoms with Crippen molar-refractivity contribution >= 4 is 11.6 Å². The van der Waals surface area contributed by atoms with E-state index in [1.165, 1.54) is 11.1 Å². The van der Waals surface area contributed by atoms with Gasteiger partial charge in [-0.2, -0.15) is 0 Å². The van der Waals surface area contributed by atoms with Crippen LogP contribution in [0.1, 0.15) is 23.5 Å². The van der Waals surface area contributed by atoms with E-state index in [1.807, 2.05) is 12.1 Å². The van der Waals surface area contributed by atoms with E-state index in [4.69, 9.17) is 17.3 Å². The summed E-state index contributed by atoms with van der Waals surface area (Å²) in [5.74, 6) is 0.362. The molecule has 3 rings (SSSR count). The molecule has 2 aromatic rings. The lowest BCUT2D eigenvalue weighted by Gasteiger charge is -2.37. The van der Waals surface area contributed by atoms with E-state index in [0.717, 1.165) is 31.1 Å².